The molecule has 0 aliphatic carbocycles. The highest BCUT2D eigenvalue weighted by Crippen LogP contribution is 2.29. The summed E-state index contributed by atoms with van der Waals surface area (Å²) in [6, 6.07) is 1.63. The monoisotopic (exact) mass is 285 g/mol. The van der Waals surface area contributed by atoms with E-state index in [1.165, 1.54) is 0 Å². The van der Waals surface area contributed by atoms with Crippen LogP contribution >= 0.6 is 22.3 Å². The quantitative estimate of drug-likeness (QED) is 0.849. The number of nitrogens with one attached hydrogen (secondary N) is 1. The first-order chi connectivity index (χ1) is 7.21. The zero-order chi connectivity index (χ0) is 12.5. The first kappa shape index (κ1) is 13.2. The predicted octanol–water partition coefficient (Wildman–Crippen LogP) is 2.37. The van der Waals surface area contributed by atoms with E-state index in [9.17, 15) is 17.6 Å². The van der Waals surface area contributed by atoms with Gasteiger partial charge < -0.3 is 5.32 Å². The fraction of sp³-hybridized carbons (Fsp3) is 0.125. The Bertz CT molecular complexity index is 544. The lowest BCUT2D eigenvalue weighted by Crippen LogP contribution is -2.08. The van der Waals surface area contributed by atoms with Gasteiger partial charge in [0, 0.05) is 17.6 Å². The fourth-order valence-electron chi connectivity index (χ4n) is 1.00. The average Bonchev–Trinajstić information content (AvgIpc) is 2.06. The van der Waals surface area contributed by atoms with E-state index < -0.39 is 25.7 Å². The molecular weight excluding hydrogens is 280 g/mol. The first-order valence-electron chi connectivity index (χ1n) is 3.93. The van der Waals surface area contributed by atoms with Crippen molar-refractivity contribution < 1.29 is 17.6 Å². The van der Waals surface area contributed by atoms with E-state index in [0.717, 1.165) is 19.1 Å². The van der Waals surface area contributed by atoms with Crippen LogP contribution in [0.4, 0.5) is 10.1 Å². The molecule has 0 atom stereocenters. The van der Waals surface area contributed by atoms with E-state index in [2.05, 4.69) is 5.32 Å². The van der Waals surface area contributed by atoms with Gasteiger partial charge in [-0.15, -0.1) is 0 Å². The van der Waals surface area contributed by atoms with Gasteiger partial charge in [0.05, 0.1) is 10.7 Å². The number of anilines is 1. The first-order valence-corrected chi connectivity index (χ1v) is 6.62. The molecule has 1 rings (SSSR count). The van der Waals surface area contributed by atoms with Crippen molar-refractivity contribution in [1.82, 2.24) is 0 Å². The van der Waals surface area contributed by atoms with Gasteiger partial charge >= 0.3 is 0 Å². The molecule has 0 aliphatic rings. The van der Waals surface area contributed by atoms with Crippen molar-refractivity contribution in [3.63, 3.8) is 0 Å². The molecule has 0 unspecified atom stereocenters. The highest BCUT2D eigenvalue weighted by atomic mass is 35.7. The summed E-state index contributed by atoms with van der Waals surface area (Å²) >= 11 is 5.51. The number of hydrogen-bond acceptors (Lipinski definition) is 3. The van der Waals surface area contributed by atoms with Gasteiger partial charge in [0.1, 0.15) is 10.7 Å². The standard InChI is InChI=1S/C8H6Cl2FNO3S/c1-4(13)12-7-3-8(16(10,14)15)5(9)2-6(7)11/h2-3H,1H3,(H,12,13). The molecular formula is C8H6Cl2FNO3S. The van der Waals surface area contributed by atoms with Crippen molar-refractivity contribution in [2.75, 3.05) is 5.32 Å². The average molecular weight is 286 g/mol. The lowest BCUT2D eigenvalue weighted by molar-refractivity contribution is -0.114. The zero-order valence-electron chi connectivity index (χ0n) is 7.92. The number of halogens is 3. The lowest BCUT2D eigenvalue weighted by Gasteiger charge is -2.07. The molecule has 0 saturated heterocycles. The smallest absolute Gasteiger partial charge is 0.262 e. The number of carbonyl (C=O) groups excluding carboxylic acids is 1. The van der Waals surface area contributed by atoms with Crippen LogP contribution in [0.25, 0.3) is 0 Å². The van der Waals surface area contributed by atoms with E-state index in [0.29, 0.717) is 0 Å². The van der Waals surface area contributed by atoms with Crippen LogP contribution in [0.1, 0.15) is 6.92 Å². The number of amides is 1. The Morgan fingerprint density at radius 1 is 1.44 bits per heavy atom. The minimum Gasteiger partial charge on any atom is -0.324 e. The Hall–Kier alpha value is -0.850. The highest BCUT2D eigenvalue weighted by Gasteiger charge is 2.18. The molecule has 0 radical (unpaired) electrons. The van der Waals surface area contributed by atoms with Gasteiger partial charge in [-0.2, -0.15) is 0 Å². The van der Waals surface area contributed by atoms with Gasteiger partial charge in [-0.25, -0.2) is 12.8 Å². The Morgan fingerprint density at radius 3 is 2.44 bits per heavy atom. The van der Waals surface area contributed by atoms with Crippen molar-refractivity contribution in [2.24, 2.45) is 0 Å². The molecule has 4 nitrogen and oxygen atoms in total. The molecule has 0 fully saturated rings. The van der Waals surface area contributed by atoms with Crippen molar-refractivity contribution in [2.45, 2.75) is 11.8 Å². The third-order valence-corrected chi connectivity index (χ3v) is 3.38. The van der Waals surface area contributed by atoms with Crippen LogP contribution < -0.4 is 5.32 Å². The zero-order valence-corrected chi connectivity index (χ0v) is 10.2. The molecule has 0 aromatic heterocycles. The Morgan fingerprint density at radius 2 is 2.00 bits per heavy atom. The van der Waals surface area contributed by atoms with E-state index >= 15 is 0 Å². The second-order valence-corrected chi connectivity index (χ2v) is 5.82. The molecule has 0 bridgehead atoms. The minimum absolute atomic E-state index is 0.295. The topological polar surface area (TPSA) is 63.2 Å². The van der Waals surface area contributed by atoms with Crippen molar-refractivity contribution in [3.8, 4) is 0 Å². The van der Waals surface area contributed by atoms with Gasteiger partial charge in [-0.05, 0) is 12.1 Å². The Kier molecular flexibility index (Phi) is 3.77. The van der Waals surface area contributed by atoms with Crippen LogP contribution in [-0.2, 0) is 13.8 Å². The fourth-order valence-corrected chi connectivity index (χ4v) is 2.51. The molecule has 0 aliphatic heterocycles. The van der Waals surface area contributed by atoms with E-state index in [-0.39, 0.29) is 10.7 Å². The van der Waals surface area contributed by atoms with Crippen LogP contribution in [0.15, 0.2) is 17.0 Å². The largest absolute Gasteiger partial charge is 0.324 e. The number of hydrogen-bond donors (Lipinski definition) is 1. The van der Waals surface area contributed by atoms with Crippen LogP contribution in [-0.4, -0.2) is 14.3 Å². The van der Waals surface area contributed by atoms with Crippen molar-refractivity contribution in [1.29, 1.82) is 0 Å². The number of benzene rings is 1. The van der Waals surface area contributed by atoms with Gasteiger partial charge in [0.15, 0.2) is 0 Å². The van der Waals surface area contributed by atoms with Gasteiger partial charge in [-0.3, -0.25) is 4.79 Å². The molecule has 1 aromatic carbocycles. The Labute approximate surface area is 101 Å². The summed E-state index contributed by atoms with van der Waals surface area (Å²) in [5.41, 5.74) is -0.295. The van der Waals surface area contributed by atoms with E-state index in [1.54, 1.807) is 0 Å². The van der Waals surface area contributed by atoms with Crippen LogP contribution in [0.2, 0.25) is 5.02 Å². The SMILES string of the molecule is CC(=O)Nc1cc(S(=O)(=O)Cl)c(Cl)cc1F. The third kappa shape index (κ3) is 3.07. The molecule has 8 heteroatoms. The molecule has 0 heterocycles. The normalized spacial score (nSPS) is 11.2. The van der Waals surface area contributed by atoms with Gasteiger partial charge in [0.25, 0.3) is 9.05 Å². The van der Waals surface area contributed by atoms with E-state index in [4.69, 9.17) is 22.3 Å². The summed E-state index contributed by atoms with van der Waals surface area (Å²) < 4.78 is 35.3. The molecule has 0 saturated carbocycles. The van der Waals surface area contributed by atoms with Crippen LogP contribution in [0.5, 0.6) is 0 Å². The summed E-state index contributed by atoms with van der Waals surface area (Å²) in [7, 11) is 0.991. The van der Waals surface area contributed by atoms with E-state index in [1.807, 2.05) is 0 Å². The van der Waals surface area contributed by atoms with Gasteiger partial charge in [-0.1, -0.05) is 11.6 Å². The maximum atomic E-state index is 13.2. The minimum atomic E-state index is -4.09. The summed E-state index contributed by atoms with van der Waals surface area (Å²) in [5.74, 6) is -1.39. The maximum Gasteiger partial charge on any atom is 0.262 e. The molecule has 16 heavy (non-hydrogen) atoms. The lowest BCUT2D eigenvalue weighted by atomic mass is 10.3. The van der Waals surface area contributed by atoms with Crippen LogP contribution in [0, 0.1) is 5.82 Å². The molecule has 1 N–H and O–H groups in total. The van der Waals surface area contributed by atoms with Crippen molar-refractivity contribution in [3.05, 3.63) is 23.0 Å². The second kappa shape index (κ2) is 4.57. The number of carbonyl (C=O) groups is 1. The molecule has 1 amide bonds. The summed E-state index contributed by atoms with van der Waals surface area (Å²) in [5, 5.41) is 1.77. The third-order valence-electron chi connectivity index (χ3n) is 1.59. The Balaban J connectivity index is 3.38. The summed E-state index contributed by atoms with van der Waals surface area (Å²) in [6.07, 6.45) is 0. The predicted molar refractivity (Wildman–Crippen MR) is 58.8 cm³/mol. The van der Waals surface area contributed by atoms with Crippen molar-refractivity contribution >= 4 is 42.9 Å². The van der Waals surface area contributed by atoms with Gasteiger partial charge in [0.2, 0.25) is 5.91 Å². The molecule has 0 spiro atoms. The number of rotatable bonds is 2. The highest BCUT2D eigenvalue weighted by molar-refractivity contribution is 8.13. The second-order valence-electron chi connectivity index (χ2n) is 2.88. The summed E-state index contributed by atoms with van der Waals surface area (Å²) in [4.78, 5) is 10.3. The maximum absolute atomic E-state index is 13.2. The molecule has 88 valence electrons. The van der Waals surface area contributed by atoms with Crippen LogP contribution in [0.3, 0.4) is 0 Å². The summed E-state index contributed by atoms with van der Waals surface area (Å²) in [6.45, 7) is 1.16. The molecule has 1 aromatic rings.